The van der Waals surface area contributed by atoms with Crippen molar-refractivity contribution in [2.45, 2.75) is 12.2 Å². The van der Waals surface area contributed by atoms with E-state index in [-0.39, 0.29) is 28.2 Å². The smallest absolute Gasteiger partial charge is 0.294 e. The number of nitro groups is 1. The van der Waals surface area contributed by atoms with Crippen LogP contribution in [0.15, 0.2) is 12.1 Å². The van der Waals surface area contributed by atoms with Crippen LogP contribution in [0.3, 0.4) is 0 Å². The van der Waals surface area contributed by atoms with Crippen molar-refractivity contribution >= 4 is 33.8 Å². The molecule has 0 spiro atoms. The summed E-state index contributed by atoms with van der Waals surface area (Å²) in [7, 11) is -1.06. The van der Waals surface area contributed by atoms with Crippen LogP contribution in [0.25, 0.3) is 0 Å². The molecule has 0 aromatic heterocycles. The fourth-order valence-electron chi connectivity index (χ4n) is 1.20. The quantitative estimate of drug-likeness (QED) is 0.669. The number of hydrogen-bond acceptors (Lipinski definition) is 4. The van der Waals surface area contributed by atoms with E-state index in [4.69, 9.17) is 11.6 Å². The normalized spacial score (nSPS) is 14.0. The maximum Gasteiger partial charge on any atom is 0.294 e. The molecule has 0 aliphatic rings. The molecule has 0 saturated heterocycles. The number of nitro benzene ring substituents is 1. The lowest BCUT2D eigenvalue weighted by Gasteiger charge is -2.11. The number of halogens is 2. The molecule has 0 aliphatic heterocycles. The minimum Gasteiger partial charge on any atom is -0.378 e. The molecule has 0 aliphatic carbocycles. The van der Waals surface area contributed by atoms with Gasteiger partial charge in [0.1, 0.15) is 11.5 Å². The van der Waals surface area contributed by atoms with E-state index in [2.05, 4.69) is 5.32 Å². The number of benzene rings is 1. The van der Waals surface area contributed by atoms with Gasteiger partial charge in [-0.1, -0.05) is 11.6 Å². The summed E-state index contributed by atoms with van der Waals surface area (Å²) in [5, 5.41) is 13.0. The summed E-state index contributed by atoms with van der Waals surface area (Å²) >= 11 is 5.49. The number of rotatable bonds is 5. The standard InChI is InChI=1S/C10H12ClFN2O3S/c1-6(18(2)17)5-13-9-4-8(12)7(11)3-10(9)14(15)16/h3-4,6,13H,5H2,1-2H3. The zero-order chi connectivity index (χ0) is 13.9. The molecule has 1 N–H and O–H groups in total. The van der Waals surface area contributed by atoms with Crippen LogP contribution in [0.1, 0.15) is 6.92 Å². The summed E-state index contributed by atoms with van der Waals surface area (Å²) in [6.45, 7) is 1.96. The topological polar surface area (TPSA) is 72.2 Å². The molecule has 5 nitrogen and oxygen atoms in total. The van der Waals surface area contributed by atoms with E-state index in [9.17, 15) is 18.7 Å². The maximum atomic E-state index is 13.3. The van der Waals surface area contributed by atoms with Crippen LogP contribution in [-0.2, 0) is 10.8 Å². The second kappa shape index (κ2) is 6.10. The fraction of sp³-hybridized carbons (Fsp3) is 0.400. The van der Waals surface area contributed by atoms with Gasteiger partial charge in [-0.15, -0.1) is 0 Å². The van der Waals surface area contributed by atoms with E-state index in [1.165, 1.54) is 6.26 Å². The lowest BCUT2D eigenvalue weighted by molar-refractivity contribution is -0.384. The van der Waals surface area contributed by atoms with E-state index < -0.39 is 21.5 Å². The van der Waals surface area contributed by atoms with E-state index in [1.54, 1.807) is 6.92 Å². The van der Waals surface area contributed by atoms with Crippen LogP contribution in [0.2, 0.25) is 5.02 Å². The molecule has 0 radical (unpaired) electrons. The molecule has 1 aromatic carbocycles. The molecule has 2 atom stereocenters. The molecule has 0 amide bonds. The zero-order valence-corrected chi connectivity index (χ0v) is 11.3. The molecular weight excluding hydrogens is 283 g/mol. The number of nitrogens with one attached hydrogen (secondary N) is 1. The second-order valence-electron chi connectivity index (χ2n) is 3.73. The molecule has 18 heavy (non-hydrogen) atoms. The maximum absolute atomic E-state index is 13.3. The van der Waals surface area contributed by atoms with Crippen molar-refractivity contribution < 1.29 is 13.5 Å². The lowest BCUT2D eigenvalue weighted by Crippen LogP contribution is -2.21. The highest BCUT2D eigenvalue weighted by Gasteiger charge is 2.18. The minimum absolute atomic E-state index is 0.0270. The summed E-state index contributed by atoms with van der Waals surface area (Å²) in [6.07, 6.45) is 1.53. The van der Waals surface area contributed by atoms with Gasteiger partial charge in [0.25, 0.3) is 5.69 Å². The average Bonchev–Trinajstić information content (AvgIpc) is 2.29. The molecule has 1 rings (SSSR count). The Balaban J connectivity index is 2.97. The lowest BCUT2D eigenvalue weighted by atomic mass is 10.2. The Morgan fingerprint density at radius 1 is 1.61 bits per heavy atom. The monoisotopic (exact) mass is 294 g/mol. The molecule has 0 saturated carbocycles. The summed E-state index contributed by atoms with van der Waals surface area (Å²) in [4.78, 5) is 10.1. The molecule has 0 bridgehead atoms. The van der Waals surface area contributed by atoms with Crippen LogP contribution in [0.5, 0.6) is 0 Å². The Morgan fingerprint density at radius 2 is 2.22 bits per heavy atom. The van der Waals surface area contributed by atoms with Crippen molar-refractivity contribution in [1.82, 2.24) is 0 Å². The van der Waals surface area contributed by atoms with Crippen molar-refractivity contribution in [2.75, 3.05) is 18.1 Å². The first-order chi connectivity index (χ1) is 8.32. The molecule has 2 unspecified atom stereocenters. The third kappa shape index (κ3) is 3.64. The van der Waals surface area contributed by atoms with E-state index in [1.807, 2.05) is 0 Å². The SMILES string of the molecule is CC(CNc1cc(F)c(Cl)cc1[N+](=O)[O-])S(C)=O. The fourth-order valence-corrected chi connectivity index (χ4v) is 1.68. The molecule has 0 fully saturated rings. The van der Waals surface area contributed by atoms with Gasteiger partial charge in [-0.2, -0.15) is 0 Å². The predicted molar refractivity (Wildman–Crippen MR) is 70.1 cm³/mol. The third-order valence-corrected chi connectivity index (χ3v) is 3.97. The zero-order valence-electron chi connectivity index (χ0n) is 9.78. The van der Waals surface area contributed by atoms with Crippen LogP contribution in [0, 0.1) is 15.9 Å². The number of hydrogen-bond donors (Lipinski definition) is 1. The van der Waals surface area contributed by atoms with Gasteiger partial charge in [-0.05, 0) is 6.92 Å². The predicted octanol–water partition coefficient (Wildman–Crippen LogP) is 2.57. The van der Waals surface area contributed by atoms with E-state index in [0.717, 1.165) is 12.1 Å². The minimum atomic E-state index is -1.06. The Bertz CT molecular complexity index is 498. The van der Waals surface area contributed by atoms with Gasteiger partial charge in [0, 0.05) is 41.0 Å². The second-order valence-corrected chi connectivity index (χ2v) is 5.94. The van der Waals surface area contributed by atoms with Crippen molar-refractivity contribution in [3.05, 3.63) is 33.1 Å². The van der Waals surface area contributed by atoms with Gasteiger partial charge in [0.2, 0.25) is 0 Å². The number of anilines is 1. The summed E-state index contributed by atoms with van der Waals surface area (Å²) in [5.41, 5.74) is -0.283. The first-order valence-corrected chi connectivity index (χ1v) is 7.02. The molecule has 1 aromatic rings. The third-order valence-electron chi connectivity index (χ3n) is 2.38. The van der Waals surface area contributed by atoms with Gasteiger partial charge in [-0.25, -0.2) is 4.39 Å². The Hall–Kier alpha value is -1.21. The first kappa shape index (κ1) is 14.8. The summed E-state index contributed by atoms with van der Waals surface area (Å²) in [6, 6.07) is 1.92. The highest BCUT2D eigenvalue weighted by Crippen LogP contribution is 2.30. The van der Waals surface area contributed by atoms with Crippen LogP contribution >= 0.6 is 11.6 Å². The largest absolute Gasteiger partial charge is 0.378 e. The first-order valence-electron chi connectivity index (χ1n) is 5.02. The van der Waals surface area contributed by atoms with Crippen molar-refractivity contribution in [2.24, 2.45) is 0 Å². The Kier molecular flexibility index (Phi) is 5.03. The molecule has 8 heteroatoms. The Labute approximate surface area is 111 Å². The van der Waals surface area contributed by atoms with Crippen molar-refractivity contribution in [3.8, 4) is 0 Å². The van der Waals surface area contributed by atoms with Gasteiger partial charge in [-0.3, -0.25) is 14.3 Å². The van der Waals surface area contributed by atoms with Gasteiger partial charge in [0.05, 0.1) is 9.95 Å². The van der Waals surface area contributed by atoms with Gasteiger partial charge >= 0.3 is 0 Å². The van der Waals surface area contributed by atoms with Crippen molar-refractivity contribution in [3.63, 3.8) is 0 Å². The number of nitrogens with zero attached hydrogens (tertiary/aromatic N) is 1. The van der Waals surface area contributed by atoms with Crippen LogP contribution < -0.4 is 5.32 Å². The van der Waals surface area contributed by atoms with Crippen LogP contribution in [-0.4, -0.2) is 27.2 Å². The molecular formula is C10H12ClFN2O3S. The van der Waals surface area contributed by atoms with Crippen LogP contribution in [0.4, 0.5) is 15.8 Å². The average molecular weight is 295 g/mol. The summed E-state index contributed by atoms with van der Waals surface area (Å²) < 4.78 is 24.4. The van der Waals surface area contributed by atoms with Crippen molar-refractivity contribution in [1.29, 1.82) is 0 Å². The highest BCUT2D eigenvalue weighted by atomic mass is 35.5. The summed E-state index contributed by atoms with van der Waals surface area (Å²) in [5.74, 6) is -0.741. The van der Waals surface area contributed by atoms with E-state index in [0.29, 0.717) is 0 Å². The molecule has 100 valence electrons. The van der Waals surface area contributed by atoms with E-state index >= 15 is 0 Å². The Morgan fingerprint density at radius 3 is 2.72 bits per heavy atom. The van der Waals surface area contributed by atoms with Gasteiger partial charge in [0.15, 0.2) is 0 Å². The van der Waals surface area contributed by atoms with Gasteiger partial charge < -0.3 is 5.32 Å². The molecule has 0 heterocycles. The highest BCUT2D eigenvalue weighted by molar-refractivity contribution is 7.84.